The standard InChI is InChI=1S/C9H14N2/c1-7-3-4-9-8(5-7)6-10-11(9)2/h5-6,8-9H,3-4H2,1-2H3/t8-,9?/m1/s1. The average Bonchev–Trinajstić information content (AvgIpc) is 2.32. The fourth-order valence-electron chi connectivity index (χ4n) is 1.94. The average molecular weight is 150 g/mol. The lowest BCUT2D eigenvalue weighted by molar-refractivity contribution is 0.242. The molecule has 0 fully saturated rings. The maximum absolute atomic E-state index is 4.28. The second-order valence-corrected chi connectivity index (χ2v) is 3.53. The molecular formula is C9H14N2. The molecule has 2 heteroatoms. The van der Waals surface area contributed by atoms with Crippen molar-refractivity contribution in [2.24, 2.45) is 11.0 Å². The van der Waals surface area contributed by atoms with Crippen LogP contribution in [0.1, 0.15) is 19.8 Å². The summed E-state index contributed by atoms with van der Waals surface area (Å²) in [5.41, 5.74) is 1.52. The zero-order valence-electron chi connectivity index (χ0n) is 7.12. The van der Waals surface area contributed by atoms with Gasteiger partial charge in [0.25, 0.3) is 0 Å². The van der Waals surface area contributed by atoms with Crippen molar-refractivity contribution >= 4 is 6.21 Å². The quantitative estimate of drug-likeness (QED) is 0.479. The number of hydrogen-bond acceptors (Lipinski definition) is 2. The lowest BCUT2D eigenvalue weighted by atomic mass is 9.88. The molecule has 0 bridgehead atoms. The fraction of sp³-hybridized carbons (Fsp3) is 0.667. The lowest BCUT2D eigenvalue weighted by Gasteiger charge is -2.26. The Balaban J connectivity index is 2.20. The van der Waals surface area contributed by atoms with Gasteiger partial charge in [0.1, 0.15) is 0 Å². The first-order valence-corrected chi connectivity index (χ1v) is 4.21. The van der Waals surface area contributed by atoms with Crippen LogP contribution in [0.5, 0.6) is 0 Å². The molecule has 60 valence electrons. The molecule has 0 N–H and O–H groups in total. The molecule has 2 aliphatic rings. The van der Waals surface area contributed by atoms with Crippen LogP contribution in [0.15, 0.2) is 16.8 Å². The van der Waals surface area contributed by atoms with Crippen molar-refractivity contribution in [2.75, 3.05) is 7.05 Å². The summed E-state index contributed by atoms with van der Waals surface area (Å²) in [6.07, 6.45) is 6.92. The van der Waals surface area contributed by atoms with Gasteiger partial charge in [0.05, 0.1) is 6.04 Å². The highest BCUT2D eigenvalue weighted by molar-refractivity contribution is 5.66. The second-order valence-electron chi connectivity index (χ2n) is 3.53. The van der Waals surface area contributed by atoms with Crippen molar-refractivity contribution in [3.8, 4) is 0 Å². The van der Waals surface area contributed by atoms with E-state index in [1.165, 1.54) is 18.4 Å². The maximum atomic E-state index is 4.28. The predicted molar refractivity (Wildman–Crippen MR) is 46.5 cm³/mol. The van der Waals surface area contributed by atoms with Crippen LogP contribution in [0.4, 0.5) is 0 Å². The van der Waals surface area contributed by atoms with E-state index in [1.807, 2.05) is 0 Å². The van der Waals surface area contributed by atoms with Crippen molar-refractivity contribution < 1.29 is 0 Å². The molecule has 0 spiro atoms. The van der Waals surface area contributed by atoms with Crippen LogP contribution in [0.25, 0.3) is 0 Å². The van der Waals surface area contributed by atoms with Gasteiger partial charge in [0, 0.05) is 19.2 Å². The van der Waals surface area contributed by atoms with Gasteiger partial charge in [0.15, 0.2) is 0 Å². The van der Waals surface area contributed by atoms with Gasteiger partial charge >= 0.3 is 0 Å². The lowest BCUT2D eigenvalue weighted by Crippen LogP contribution is -2.30. The monoisotopic (exact) mass is 150 g/mol. The van der Waals surface area contributed by atoms with Gasteiger partial charge in [0.2, 0.25) is 0 Å². The minimum Gasteiger partial charge on any atom is -0.296 e. The molecule has 0 aromatic carbocycles. The summed E-state index contributed by atoms with van der Waals surface area (Å²) in [7, 11) is 2.07. The topological polar surface area (TPSA) is 15.6 Å². The molecule has 0 aromatic rings. The minimum atomic E-state index is 0.591. The molecule has 1 aliphatic carbocycles. The van der Waals surface area contributed by atoms with Crippen molar-refractivity contribution in [3.05, 3.63) is 11.6 Å². The van der Waals surface area contributed by atoms with Crippen LogP contribution in [0, 0.1) is 5.92 Å². The van der Waals surface area contributed by atoms with E-state index in [-0.39, 0.29) is 0 Å². The molecule has 0 amide bonds. The third kappa shape index (κ3) is 1.06. The van der Waals surface area contributed by atoms with Crippen molar-refractivity contribution in [1.29, 1.82) is 0 Å². The fourth-order valence-corrected chi connectivity index (χ4v) is 1.94. The normalized spacial score (nSPS) is 35.5. The van der Waals surface area contributed by atoms with Crippen LogP contribution in [0.2, 0.25) is 0 Å². The Bertz CT molecular complexity index is 218. The molecule has 2 atom stereocenters. The Kier molecular flexibility index (Phi) is 1.48. The van der Waals surface area contributed by atoms with Gasteiger partial charge in [-0.2, -0.15) is 5.10 Å². The van der Waals surface area contributed by atoms with Gasteiger partial charge in [-0.1, -0.05) is 11.6 Å². The zero-order valence-corrected chi connectivity index (χ0v) is 7.12. The highest BCUT2D eigenvalue weighted by Gasteiger charge is 2.29. The molecule has 2 rings (SSSR count). The number of hydrazone groups is 1. The number of allylic oxidation sites excluding steroid dienone is 1. The van der Waals surface area contributed by atoms with Gasteiger partial charge in [-0.05, 0) is 19.8 Å². The third-order valence-corrected chi connectivity index (χ3v) is 2.66. The van der Waals surface area contributed by atoms with E-state index in [4.69, 9.17) is 0 Å². The molecular weight excluding hydrogens is 136 g/mol. The highest BCUT2D eigenvalue weighted by Crippen LogP contribution is 2.28. The number of fused-ring (bicyclic) bond motifs is 1. The first-order chi connectivity index (χ1) is 5.27. The zero-order chi connectivity index (χ0) is 7.84. The van der Waals surface area contributed by atoms with E-state index in [1.54, 1.807) is 0 Å². The maximum Gasteiger partial charge on any atom is 0.0583 e. The van der Waals surface area contributed by atoms with Crippen LogP contribution in [-0.4, -0.2) is 24.3 Å². The Morgan fingerprint density at radius 1 is 1.64 bits per heavy atom. The summed E-state index contributed by atoms with van der Waals surface area (Å²) < 4.78 is 0. The number of rotatable bonds is 0. The summed E-state index contributed by atoms with van der Waals surface area (Å²) in [4.78, 5) is 0. The SMILES string of the molecule is CC1=C[C@@H]2C=NN(C)C2CC1. The molecule has 0 radical (unpaired) electrons. The highest BCUT2D eigenvalue weighted by atomic mass is 15.5. The predicted octanol–water partition coefficient (Wildman–Crippen LogP) is 1.64. The summed E-state index contributed by atoms with van der Waals surface area (Å²) in [6.45, 7) is 2.21. The van der Waals surface area contributed by atoms with Gasteiger partial charge < -0.3 is 0 Å². The van der Waals surface area contributed by atoms with E-state index in [2.05, 4.69) is 36.4 Å². The first-order valence-electron chi connectivity index (χ1n) is 4.21. The molecule has 0 saturated heterocycles. The summed E-state index contributed by atoms with van der Waals surface area (Å²) in [6, 6.07) is 0.652. The van der Waals surface area contributed by atoms with Gasteiger partial charge in [-0.25, -0.2) is 0 Å². The largest absolute Gasteiger partial charge is 0.296 e. The Hall–Kier alpha value is -0.790. The Morgan fingerprint density at radius 3 is 3.27 bits per heavy atom. The molecule has 1 aliphatic heterocycles. The van der Waals surface area contributed by atoms with E-state index in [0.29, 0.717) is 12.0 Å². The third-order valence-electron chi connectivity index (χ3n) is 2.66. The van der Waals surface area contributed by atoms with E-state index < -0.39 is 0 Å². The molecule has 0 saturated carbocycles. The van der Waals surface area contributed by atoms with E-state index >= 15 is 0 Å². The van der Waals surface area contributed by atoms with E-state index in [0.717, 1.165) is 0 Å². The van der Waals surface area contributed by atoms with Crippen LogP contribution >= 0.6 is 0 Å². The van der Waals surface area contributed by atoms with Crippen LogP contribution < -0.4 is 0 Å². The first kappa shape index (κ1) is 6.89. The van der Waals surface area contributed by atoms with Gasteiger partial charge in [-0.3, -0.25) is 5.01 Å². The Labute approximate surface area is 67.6 Å². The molecule has 1 unspecified atom stereocenters. The number of nitrogens with zero attached hydrogens (tertiary/aromatic N) is 2. The molecule has 2 nitrogen and oxygen atoms in total. The smallest absolute Gasteiger partial charge is 0.0583 e. The Morgan fingerprint density at radius 2 is 2.45 bits per heavy atom. The van der Waals surface area contributed by atoms with Crippen molar-refractivity contribution in [1.82, 2.24) is 5.01 Å². The molecule has 0 aromatic heterocycles. The summed E-state index contributed by atoms with van der Waals surface area (Å²) >= 11 is 0. The molecule has 1 heterocycles. The van der Waals surface area contributed by atoms with Gasteiger partial charge in [-0.15, -0.1) is 0 Å². The molecule has 11 heavy (non-hydrogen) atoms. The van der Waals surface area contributed by atoms with E-state index in [9.17, 15) is 0 Å². The number of hydrogen-bond donors (Lipinski definition) is 0. The van der Waals surface area contributed by atoms with Crippen molar-refractivity contribution in [2.45, 2.75) is 25.8 Å². The summed E-state index contributed by atoms with van der Waals surface area (Å²) in [5, 5.41) is 6.37. The minimum absolute atomic E-state index is 0.591. The van der Waals surface area contributed by atoms with Crippen LogP contribution in [0.3, 0.4) is 0 Å². The summed E-state index contributed by atoms with van der Waals surface area (Å²) in [5.74, 6) is 0.591. The van der Waals surface area contributed by atoms with Crippen LogP contribution in [-0.2, 0) is 0 Å². The second kappa shape index (κ2) is 2.36. The van der Waals surface area contributed by atoms with Crippen molar-refractivity contribution in [3.63, 3.8) is 0 Å².